The third-order valence-electron chi connectivity index (χ3n) is 1.62. The molecule has 0 aliphatic heterocycles. The SMILES string of the molecule is C=C(C=O)NC(=O)OCc1ccccc1. The molecule has 0 fully saturated rings. The van der Waals surface area contributed by atoms with Crippen LogP contribution in [0.25, 0.3) is 0 Å². The highest BCUT2D eigenvalue weighted by atomic mass is 16.5. The summed E-state index contributed by atoms with van der Waals surface area (Å²) in [5.41, 5.74) is 0.859. The second kappa shape index (κ2) is 5.59. The summed E-state index contributed by atoms with van der Waals surface area (Å²) in [5, 5.41) is 2.18. The Bertz CT molecular complexity index is 359. The van der Waals surface area contributed by atoms with E-state index in [-0.39, 0.29) is 12.3 Å². The number of alkyl carbamates (subject to hydrolysis) is 1. The molecule has 1 rings (SSSR count). The van der Waals surface area contributed by atoms with Gasteiger partial charge in [0.25, 0.3) is 0 Å². The number of benzene rings is 1. The summed E-state index contributed by atoms with van der Waals surface area (Å²) in [7, 11) is 0. The van der Waals surface area contributed by atoms with E-state index in [1.165, 1.54) is 0 Å². The average molecular weight is 205 g/mol. The van der Waals surface area contributed by atoms with E-state index in [2.05, 4.69) is 11.9 Å². The first-order valence-corrected chi connectivity index (χ1v) is 4.34. The monoisotopic (exact) mass is 205 g/mol. The van der Waals surface area contributed by atoms with Crippen LogP contribution in [0.3, 0.4) is 0 Å². The molecule has 4 nitrogen and oxygen atoms in total. The second-order valence-electron chi connectivity index (χ2n) is 2.83. The topological polar surface area (TPSA) is 55.4 Å². The minimum absolute atomic E-state index is 0.0203. The lowest BCUT2D eigenvalue weighted by Gasteiger charge is -2.05. The number of hydrogen-bond donors (Lipinski definition) is 1. The first-order chi connectivity index (χ1) is 7.22. The molecule has 0 aromatic heterocycles. The maximum Gasteiger partial charge on any atom is 0.412 e. The van der Waals surface area contributed by atoms with Crippen molar-refractivity contribution >= 4 is 12.4 Å². The number of rotatable bonds is 4. The van der Waals surface area contributed by atoms with E-state index in [1.807, 2.05) is 30.3 Å². The Morgan fingerprint density at radius 2 is 2.07 bits per heavy atom. The number of hydrogen-bond acceptors (Lipinski definition) is 3. The smallest absolute Gasteiger partial charge is 0.412 e. The molecule has 0 bridgehead atoms. The highest BCUT2D eigenvalue weighted by Gasteiger charge is 2.02. The van der Waals surface area contributed by atoms with Gasteiger partial charge in [-0.1, -0.05) is 36.9 Å². The van der Waals surface area contributed by atoms with Crippen molar-refractivity contribution in [2.75, 3.05) is 0 Å². The Kier molecular flexibility index (Phi) is 4.09. The Hall–Kier alpha value is -2.10. The zero-order chi connectivity index (χ0) is 11.1. The Balaban J connectivity index is 2.35. The van der Waals surface area contributed by atoms with Crippen LogP contribution < -0.4 is 5.32 Å². The number of aldehydes is 1. The average Bonchev–Trinajstić information content (AvgIpc) is 2.27. The normalized spacial score (nSPS) is 9.07. The molecule has 78 valence electrons. The maximum atomic E-state index is 11.0. The highest BCUT2D eigenvalue weighted by Crippen LogP contribution is 2.00. The second-order valence-corrected chi connectivity index (χ2v) is 2.83. The van der Waals surface area contributed by atoms with Crippen LogP contribution >= 0.6 is 0 Å². The van der Waals surface area contributed by atoms with E-state index in [0.29, 0.717) is 6.29 Å². The predicted octanol–water partition coefficient (Wildman–Crippen LogP) is 1.63. The van der Waals surface area contributed by atoms with Crippen molar-refractivity contribution in [3.63, 3.8) is 0 Å². The molecule has 0 radical (unpaired) electrons. The first kappa shape index (κ1) is 11.0. The zero-order valence-electron chi connectivity index (χ0n) is 8.10. The zero-order valence-corrected chi connectivity index (χ0v) is 8.10. The summed E-state index contributed by atoms with van der Waals surface area (Å²) < 4.78 is 4.83. The van der Waals surface area contributed by atoms with Gasteiger partial charge < -0.3 is 4.74 Å². The summed E-state index contributed by atoms with van der Waals surface area (Å²) in [5.74, 6) is 0. The van der Waals surface area contributed by atoms with Crippen molar-refractivity contribution in [1.82, 2.24) is 5.32 Å². The molecule has 0 unspecified atom stereocenters. The summed E-state index contributed by atoms with van der Waals surface area (Å²) >= 11 is 0. The molecule has 0 saturated heterocycles. The number of carbonyl (C=O) groups is 2. The van der Waals surface area contributed by atoms with Gasteiger partial charge in [-0.3, -0.25) is 10.1 Å². The van der Waals surface area contributed by atoms with Gasteiger partial charge in [0.1, 0.15) is 6.61 Å². The molecule has 15 heavy (non-hydrogen) atoms. The van der Waals surface area contributed by atoms with Gasteiger partial charge >= 0.3 is 6.09 Å². The van der Waals surface area contributed by atoms with Gasteiger partial charge in [-0.05, 0) is 5.56 Å². The van der Waals surface area contributed by atoms with Crippen molar-refractivity contribution in [3.05, 3.63) is 48.2 Å². The molecular formula is C11H11NO3. The molecule has 1 N–H and O–H groups in total. The first-order valence-electron chi connectivity index (χ1n) is 4.34. The van der Waals surface area contributed by atoms with E-state index in [9.17, 15) is 9.59 Å². The van der Waals surface area contributed by atoms with Crippen LogP contribution in [0.5, 0.6) is 0 Å². The molecule has 1 amide bonds. The lowest BCUT2D eigenvalue weighted by Crippen LogP contribution is -2.23. The molecular weight excluding hydrogens is 194 g/mol. The van der Waals surface area contributed by atoms with Crippen LogP contribution in [0.2, 0.25) is 0 Å². The van der Waals surface area contributed by atoms with E-state index >= 15 is 0 Å². The minimum atomic E-state index is -0.684. The number of allylic oxidation sites excluding steroid dienone is 1. The molecule has 0 aliphatic rings. The molecule has 4 heteroatoms. The van der Waals surface area contributed by atoms with Gasteiger partial charge in [-0.2, -0.15) is 0 Å². The van der Waals surface area contributed by atoms with Crippen molar-refractivity contribution in [1.29, 1.82) is 0 Å². The van der Waals surface area contributed by atoms with E-state index in [1.54, 1.807) is 0 Å². The quantitative estimate of drug-likeness (QED) is 0.600. The maximum absolute atomic E-state index is 11.0. The van der Waals surface area contributed by atoms with Crippen molar-refractivity contribution in [3.8, 4) is 0 Å². The van der Waals surface area contributed by atoms with Crippen molar-refractivity contribution < 1.29 is 14.3 Å². The number of amides is 1. The minimum Gasteiger partial charge on any atom is -0.444 e. The summed E-state index contributed by atoms with van der Waals surface area (Å²) in [6.45, 7) is 3.45. The summed E-state index contributed by atoms with van der Waals surface area (Å²) in [6, 6.07) is 9.24. The van der Waals surface area contributed by atoms with Crippen LogP contribution in [0.15, 0.2) is 42.6 Å². The number of ether oxygens (including phenoxy) is 1. The third-order valence-corrected chi connectivity index (χ3v) is 1.62. The van der Waals surface area contributed by atoms with Gasteiger partial charge in [-0.25, -0.2) is 4.79 Å². The van der Waals surface area contributed by atoms with Crippen LogP contribution in [-0.2, 0) is 16.1 Å². The molecule has 0 spiro atoms. The fraction of sp³-hybridized carbons (Fsp3) is 0.0909. The molecule has 1 aromatic rings. The Morgan fingerprint density at radius 3 is 2.67 bits per heavy atom. The summed E-state index contributed by atoms with van der Waals surface area (Å²) in [6.07, 6.45) is -0.236. The van der Waals surface area contributed by atoms with E-state index < -0.39 is 6.09 Å². The lowest BCUT2D eigenvalue weighted by molar-refractivity contribution is -0.105. The third kappa shape index (κ3) is 4.08. The van der Waals surface area contributed by atoms with Gasteiger partial charge in [0, 0.05) is 0 Å². The standard InChI is InChI=1S/C11H11NO3/c1-9(7-13)12-11(14)15-8-10-5-3-2-4-6-10/h2-7H,1,8H2,(H,12,14). The largest absolute Gasteiger partial charge is 0.444 e. The van der Waals surface area contributed by atoms with Crippen LogP contribution in [0, 0.1) is 0 Å². The van der Waals surface area contributed by atoms with Gasteiger partial charge in [0.15, 0.2) is 6.29 Å². The van der Waals surface area contributed by atoms with Gasteiger partial charge in [-0.15, -0.1) is 0 Å². The van der Waals surface area contributed by atoms with E-state index in [0.717, 1.165) is 5.56 Å². The van der Waals surface area contributed by atoms with Crippen LogP contribution in [0.4, 0.5) is 4.79 Å². The Morgan fingerprint density at radius 1 is 1.40 bits per heavy atom. The van der Waals surface area contributed by atoms with Gasteiger partial charge in [0.2, 0.25) is 0 Å². The highest BCUT2D eigenvalue weighted by molar-refractivity contribution is 5.81. The molecule has 0 aliphatic carbocycles. The number of nitrogens with one attached hydrogen (secondary N) is 1. The fourth-order valence-electron chi connectivity index (χ4n) is 0.920. The van der Waals surface area contributed by atoms with Crippen molar-refractivity contribution in [2.45, 2.75) is 6.61 Å². The molecule has 0 saturated carbocycles. The van der Waals surface area contributed by atoms with Gasteiger partial charge in [0.05, 0.1) is 5.70 Å². The fourth-order valence-corrected chi connectivity index (χ4v) is 0.920. The Labute approximate surface area is 87.6 Å². The molecule has 0 heterocycles. The lowest BCUT2D eigenvalue weighted by atomic mass is 10.2. The number of carbonyl (C=O) groups excluding carboxylic acids is 2. The van der Waals surface area contributed by atoms with E-state index in [4.69, 9.17) is 4.74 Å². The molecule has 0 atom stereocenters. The van der Waals surface area contributed by atoms with Crippen LogP contribution in [0.1, 0.15) is 5.56 Å². The van der Waals surface area contributed by atoms with Crippen LogP contribution in [-0.4, -0.2) is 12.4 Å². The molecule has 1 aromatic carbocycles. The van der Waals surface area contributed by atoms with Crippen molar-refractivity contribution in [2.24, 2.45) is 0 Å². The summed E-state index contributed by atoms with van der Waals surface area (Å²) in [4.78, 5) is 21.2. The predicted molar refractivity (Wildman–Crippen MR) is 55.0 cm³/mol.